The van der Waals surface area contributed by atoms with Gasteiger partial charge < -0.3 is 9.84 Å². The SMILES string of the molecule is CCC(=O)N(CC1(CCO)CCOCC1)c1cccc(C(F)(F)F)n1. The monoisotopic (exact) mass is 360 g/mol. The van der Waals surface area contributed by atoms with Crippen molar-refractivity contribution in [3.05, 3.63) is 23.9 Å². The first-order valence-electron chi connectivity index (χ1n) is 8.34. The predicted octanol–water partition coefficient (Wildman–Crippen LogP) is 3.02. The molecule has 2 heterocycles. The van der Waals surface area contributed by atoms with E-state index in [2.05, 4.69) is 4.98 Å². The van der Waals surface area contributed by atoms with Crippen LogP contribution in [0.4, 0.5) is 19.0 Å². The maximum absolute atomic E-state index is 13.0. The van der Waals surface area contributed by atoms with Gasteiger partial charge in [0.25, 0.3) is 0 Å². The summed E-state index contributed by atoms with van der Waals surface area (Å²) >= 11 is 0. The molecule has 0 unspecified atom stereocenters. The summed E-state index contributed by atoms with van der Waals surface area (Å²) < 4.78 is 44.2. The summed E-state index contributed by atoms with van der Waals surface area (Å²) in [4.78, 5) is 17.4. The lowest BCUT2D eigenvalue weighted by molar-refractivity contribution is -0.141. The summed E-state index contributed by atoms with van der Waals surface area (Å²) in [5.41, 5.74) is -1.41. The molecule has 0 spiro atoms. The molecule has 1 N–H and O–H groups in total. The van der Waals surface area contributed by atoms with E-state index in [1.165, 1.54) is 17.0 Å². The quantitative estimate of drug-likeness (QED) is 0.847. The molecule has 0 saturated carbocycles. The van der Waals surface area contributed by atoms with Crippen LogP contribution >= 0.6 is 0 Å². The number of aliphatic hydroxyl groups excluding tert-OH is 1. The zero-order chi connectivity index (χ0) is 18.5. The Labute approximate surface area is 144 Å². The average Bonchev–Trinajstić information content (AvgIpc) is 2.59. The Hall–Kier alpha value is -1.67. The van der Waals surface area contributed by atoms with E-state index in [9.17, 15) is 23.1 Å². The van der Waals surface area contributed by atoms with Crippen LogP contribution in [-0.4, -0.2) is 42.4 Å². The highest BCUT2D eigenvalue weighted by atomic mass is 19.4. The van der Waals surface area contributed by atoms with Gasteiger partial charge in [0, 0.05) is 32.8 Å². The summed E-state index contributed by atoms with van der Waals surface area (Å²) in [5, 5.41) is 9.41. The fourth-order valence-electron chi connectivity index (χ4n) is 3.08. The van der Waals surface area contributed by atoms with Crippen LogP contribution in [0.1, 0.15) is 38.3 Å². The maximum atomic E-state index is 13.0. The fraction of sp³-hybridized carbons (Fsp3) is 0.647. The van der Waals surface area contributed by atoms with Gasteiger partial charge >= 0.3 is 6.18 Å². The number of pyridine rings is 1. The van der Waals surface area contributed by atoms with Gasteiger partial charge in [0.1, 0.15) is 11.5 Å². The van der Waals surface area contributed by atoms with Crippen LogP contribution in [0, 0.1) is 5.41 Å². The predicted molar refractivity (Wildman–Crippen MR) is 86.1 cm³/mol. The molecule has 1 aliphatic heterocycles. The van der Waals surface area contributed by atoms with Crippen molar-refractivity contribution in [1.82, 2.24) is 4.98 Å². The molecule has 140 valence electrons. The number of alkyl halides is 3. The number of ether oxygens (including phenoxy) is 1. The molecule has 1 aromatic rings. The molecule has 0 radical (unpaired) electrons. The molecule has 0 atom stereocenters. The number of amides is 1. The van der Waals surface area contributed by atoms with Crippen molar-refractivity contribution < 1.29 is 27.8 Å². The molecule has 0 bridgehead atoms. The first-order chi connectivity index (χ1) is 11.8. The second kappa shape index (κ2) is 8.14. The third-order valence-electron chi connectivity index (χ3n) is 4.59. The highest BCUT2D eigenvalue weighted by Crippen LogP contribution is 2.37. The van der Waals surface area contributed by atoms with Crippen LogP contribution in [0.25, 0.3) is 0 Å². The topological polar surface area (TPSA) is 62.7 Å². The number of hydrogen-bond donors (Lipinski definition) is 1. The summed E-state index contributed by atoms with van der Waals surface area (Å²) in [6, 6.07) is 3.55. The Morgan fingerprint density at radius 2 is 2.04 bits per heavy atom. The molecular weight excluding hydrogens is 337 g/mol. The van der Waals surface area contributed by atoms with Crippen LogP contribution in [0.2, 0.25) is 0 Å². The number of aromatic nitrogens is 1. The first-order valence-corrected chi connectivity index (χ1v) is 8.34. The third kappa shape index (κ3) is 4.92. The smallest absolute Gasteiger partial charge is 0.396 e. The van der Waals surface area contributed by atoms with E-state index in [1.54, 1.807) is 6.92 Å². The van der Waals surface area contributed by atoms with E-state index in [1.807, 2.05) is 0 Å². The van der Waals surface area contributed by atoms with E-state index in [4.69, 9.17) is 4.74 Å². The number of hydrogen-bond acceptors (Lipinski definition) is 4. The van der Waals surface area contributed by atoms with E-state index < -0.39 is 11.9 Å². The third-order valence-corrected chi connectivity index (χ3v) is 4.59. The molecule has 1 aromatic heterocycles. The van der Waals surface area contributed by atoms with Gasteiger partial charge in [-0.05, 0) is 36.8 Å². The largest absolute Gasteiger partial charge is 0.433 e. The van der Waals surface area contributed by atoms with Crippen molar-refractivity contribution in [1.29, 1.82) is 0 Å². The molecule has 8 heteroatoms. The first kappa shape index (κ1) is 19.7. The number of nitrogens with zero attached hydrogens (tertiary/aromatic N) is 2. The molecule has 1 aliphatic rings. The summed E-state index contributed by atoms with van der Waals surface area (Å²) in [6.07, 6.45) is -2.68. The van der Waals surface area contributed by atoms with Gasteiger partial charge in [0.05, 0.1) is 0 Å². The van der Waals surface area contributed by atoms with Crippen LogP contribution < -0.4 is 4.90 Å². The number of halogens is 3. The molecule has 2 rings (SSSR count). The minimum Gasteiger partial charge on any atom is -0.396 e. The molecule has 5 nitrogen and oxygen atoms in total. The van der Waals surface area contributed by atoms with Crippen molar-refractivity contribution in [3.8, 4) is 0 Å². The van der Waals surface area contributed by atoms with E-state index >= 15 is 0 Å². The molecule has 0 aromatic carbocycles. The Kier molecular flexibility index (Phi) is 6.40. The Balaban J connectivity index is 2.34. The zero-order valence-electron chi connectivity index (χ0n) is 14.2. The lowest BCUT2D eigenvalue weighted by Crippen LogP contribution is -2.45. The second-order valence-corrected chi connectivity index (χ2v) is 6.30. The molecule has 1 saturated heterocycles. The number of aliphatic hydroxyl groups is 1. The second-order valence-electron chi connectivity index (χ2n) is 6.30. The van der Waals surface area contributed by atoms with Gasteiger partial charge in [-0.25, -0.2) is 4.98 Å². The van der Waals surface area contributed by atoms with Crippen molar-refractivity contribution in [2.75, 3.05) is 31.3 Å². The average molecular weight is 360 g/mol. The summed E-state index contributed by atoms with van der Waals surface area (Å²) in [5.74, 6) is -0.305. The van der Waals surface area contributed by atoms with Crippen LogP contribution in [0.5, 0.6) is 0 Å². The van der Waals surface area contributed by atoms with Crippen LogP contribution in [-0.2, 0) is 15.7 Å². The Morgan fingerprint density at radius 3 is 2.60 bits per heavy atom. The number of anilines is 1. The van der Waals surface area contributed by atoms with Gasteiger partial charge in [-0.3, -0.25) is 9.69 Å². The van der Waals surface area contributed by atoms with Crippen molar-refractivity contribution in [2.45, 2.75) is 38.8 Å². The van der Waals surface area contributed by atoms with Crippen molar-refractivity contribution in [2.24, 2.45) is 5.41 Å². The van der Waals surface area contributed by atoms with Crippen LogP contribution in [0.3, 0.4) is 0 Å². The lowest BCUT2D eigenvalue weighted by Gasteiger charge is -2.40. The maximum Gasteiger partial charge on any atom is 0.433 e. The lowest BCUT2D eigenvalue weighted by atomic mass is 9.77. The number of rotatable bonds is 6. The fourth-order valence-corrected chi connectivity index (χ4v) is 3.08. The van der Waals surface area contributed by atoms with Crippen molar-refractivity contribution in [3.63, 3.8) is 0 Å². The van der Waals surface area contributed by atoms with E-state index in [0.717, 1.165) is 6.07 Å². The summed E-state index contributed by atoms with van der Waals surface area (Å²) in [6.45, 7) is 2.84. The number of carbonyl (C=O) groups excluding carboxylic acids is 1. The van der Waals surface area contributed by atoms with Crippen molar-refractivity contribution >= 4 is 11.7 Å². The van der Waals surface area contributed by atoms with Gasteiger partial charge in [-0.1, -0.05) is 13.0 Å². The van der Waals surface area contributed by atoms with E-state index in [-0.39, 0.29) is 36.7 Å². The highest BCUT2D eigenvalue weighted by molar-refractivity contribution is 5.92. The van der Waals surface area contributed by atoms with Gasteiger partial charge in [-0.15, -0.1) is 0 Å². The minimum absolute atomic E-state index is 0.00881. The molecule has 25 heavy (non-hydrogen) atoms. The number of carbonyl (C=O) groups is 1. The normalized spacial score (nSPS) is 17.3. The highest BCUT2D eigenvalue weighted by Gasteiger charge is 2.37. The zero-order valence-corrected chi connectivity index (χ0v) is 14.2. The van der Waals surface area contributed by atoms with E-state index in [0.29, 0.717) is 32.5 Å². The Bertz CT molecular complexity index is 581. The molecule has 1 amide bonds. The molecule has 1 fully saturated rings. The summed E-state index contributed by atoms with van der Waals surface area (Å²) in [7, 11) is 0. The minimum atomic E-state index is -4.57. The van der Waals surface area contributed by atoms with Gasteiger partial charge in [0.2, 0.25) is 5.91 Å². The van der Waals surface area contributed by atoms with Gasteiger partial charge in [-0.2, -0.15) is 13.2 Å². The standard InChI is InChI=1S/C17H23F3N2O3/c1-2-15(24)22(12-16(6-9-23)7-10-25-11-8-16)14-5-3-4-13(21-14)17(18,19)20/h3-5,23H,2,6-12H2,1H3. The van der Waals surface area contributed by atoms with Crippen LogP contribution in [0.15, 0.2) is 18.2 Å². The van der Waals surface area contributed by atoms with Gasteiger partial charge in [0.15, 0.2) is 0 Å². The molecular formula is C17H23F3N2O3. The Morgan fingerprint density at radius 1 is 1.36 bits per heavy atom. The molecule has 0 aliphatic carbocycles.